The van der Waals surface area contributed by atoms with Crippen molar-refractivity contribution in [2.24, 2.45) is 0 Å². The second kappa shape index (κ2) is 5.58. The summed E-state index contributed by atoms with van der Waals surface area (Å²) in [5, 5.41) is 11.2. The molecule has 0 N–H and O–H groups in total. The number of hydrogen-bond acceptors (Lipinski definition) is 5. The number of para-hydroxylation sites is 2. The van der Waals surface area contributed by atoms with Crippen LogP contribution in [0, 0.1) is 6.92 Å². The molecule has 0 spiro atoms. The van der Waals surface area contributed by atoms with Gasteiger partial charge in [-0.15, -0.1) is 0 Å². The molecule has 0 aromatic heterocycles. The number of benzene rings is 2. The smallest absolute Gasteiger partial charge is 0.264 e. The Kier molecular flexibility index (Phi) is 3.73. The van der Waals surface area contributed by atoms with E-state index in [1.165, 1.54) is 18.2 Å². The van der Waals surface area contributed by atoms with Gasteiger partial charge >= 0.3 is 0 Å². The van der Waals surface area contributed by atoms with E-state index in [9.17, 15) is 18.3 Å². The summed E-state index contributed by atoms with van der Waals surface area (Å²) in [5.74, 6) is -1.26. The zero-order chi connectivity index (χ0) is 16.6. The molecule has 0 fully saturated rings. The van der Waals surface area contributed by atoms with Crippen LogP contribution in [-0.4, -0.2) is 27.0 Å². The summed E-state index contributed by atoms with van der Waals surface area (Å²) < 4.78 is 32.1. The topological polar surface area (TPSA) is 86.7 Å². The van der Waals surface area contributed by atoms with Crippen molar-refractivity contribution in [2.75, 3.05) is 10.8 Å². The van der Waals surface area contributed by atoms with Crippen molar-refractivity contribution in [1.29, 1.82) is 0 Å². The summed E-state index contributed by atoms with van der Waals surface area (Å²) in [5.41, 5.74) is 1.24. The van der Waals surface area contributed by atoms with Crippen LogP contribution in [0.25, 0.3) is 0 Å². The van der Waals surface area contributed by atoms with E-state index in [2.05, 4.69) is 0 Å². The normalized spacial score (nSPS) is 17.3. The molecule has 6 nitrogen and oxygen atoms in total. The number of carbonyl (C=O) groups is 1. The van der Waals surface area contributed by atoms with E-state index in [0.717, 1.165) is 9.87 Å². The Morgan fingerprint density at radius 2 is 1.83 bits per heavy atom. The van der Waals surface area contributed by atoms with Crippen LogP contribution in [0.2, 0.25) is 0 Å². The minimum Gasteiger partial charge on any atom is -0.546 e. The first kappa shape index (κ1) is 15.4. The van der Waals surface area contributed by atoms with Crippen molar-refractivity contribution in [2.45, 2.75) is 17.9 Å². The van der Waals surface area contributed by atoms with Crippen molar-refractivity contribution < 1.29 is 23.1 Å². The Morgan fingerprint density at radius 3 is 2.48 bits per heavy atom. The fourth-order valence-corrected chi connectivity index (χ4v) is 3.87. The first-order valence-corrected chi connectivity index (χ1v) is 8.39. The number of anilines is 1. The van der Waals surface area contributed by atoms with Gasteiger partial charge in [0.15, 0.2) is 6.10 Å². The van der Waals surface area contributed by atoms with Gasteiger partial charge in [-0.05, 0) is 31.2 Å². The number of carbonyl (C=O) groups excluding carboxylic acids is 1. The van der Waals surface area contributed by atoms with E-state index in [-0.39, 0.29) is 17.2 Å². The summed E-state index contributed by atoms with van der Waals surface area (Å²) in [6.45, 7) is 1.52. The monoisotopic (exact) mass is 332 g/mol. The van der Waals surface area contributed by atoms with Crippen molar-refractivity contribution in [3.05, 3.63) is 54.1 Å². The van der Waals surface area contributed by atoms with Crippen LogP contribution in [0.1, 0.15) is 5.56 Å². The molecule has 0 bridgehead atoms. The minimum atomic E-state index is -3.90. The average molecular weight is 332 g/mol. The molecular formula is C16H14NO5S-. The van der Waals surface area contributed by atoms with Crippen molar-refractivity contribution >= 4 is 21.7 Å². The molecule has 7 heteroatoms. The van der Waals surface area contributed by atoms with Crippen LogP contribution in [0.5, 0.6) is 5.75 Å². The first-order chi connectivity index (χ1) is 10.9. The maximum atomic E-state index is 12.9. The zero-order valence-corrected chi connectivity index (χ0v) is 13.1. The molecule has 1 heterocycles. The molecule has 1 aliphatic heterocycles. The second-order valence-electron chi connectivity index (χ2n) is 5.24. The molecule has 1 aliphatic rings. The predicted octanol–water partition coefficient (Wildman–Crippen LogP) is 0.701. The molecule has 120 valence electrons. The summed E-state index contributed by atoms with van der Waals surface area (Å²) >= 11 is 0. The van der Waals surface area contributed by atoms with Crippen molar-refractivity contribution in [3.8, 4) is 5.75 Å². The highest BCUT2D eigenvalue weighted by atomic mass is 32.2. The summed E-state index contributed by atoms with van der Waals surface area (Å²) in [7, 11) is -3.90. The third kappa shape index (κ3) is 2.75. The van der Waals surface area contributed by atoms with Gasteiger partial charge in [-0.25, -0.2) is 8.42 Å². The number of carboxylic acid groups (broad SMARTS) is 1. The van der Waals surface area contributed by atoms with Crippen LogP contribution in [0.4, 0.5) is 5.69 Å². The number of aryl methyl sites for hydroxylation is 1. The molecule has 0 unspecified atom stereocenters. The standard InChI is InChI=1S/C16H15NO5S/c1-11-6-8-12(9-7-11)23(20,21)17-10-15(16(18)19)22-14-5-3-2-4-13(14)17/h2-9,15H,10H2,1H3,(H,18,19)/p-1/t15-/m1/s1. The van der Waals surface area contributed by atoms with Gasteiger partial charge in [0.25, 0.3) is 10.0 Å². The molecule has 0 amide bonds. The quantitative estimate of drug-likeness (QED) is 0.826. The predicted molar refractivity (Wildman–Crippen MR) is 81.6 cm³/mol. The Labute approximate surface area is 134 Å². The second-order valence-corrected chi connectivity index (χ2v) is 7.10. The number of carboxylic acids is 1. The van der Waals surface area contributed by atoms with E-state index in [1.807, 2.05) is 6.92 Å². The van der Waals surface area contributed by atoms with E-state index in [0.29, 0.717) is 5.69 Å². The Bertz CT molecular complexity index is 845. The number of fused-ring (bicyclic) bond motifs is 1. The van der Waals surface area contributed by atoms with Gasteiger partial charge in [0.05, 0.1) is 23.1 Å². The Balaban J connectivity index is 2.10. The van der Waals surface area contributed by atoms with Crippen LogP contribution in [-0.2, 0) is 14.8 Å². The molecular weight excluding hydrogens is 318 g/mol. The molecule has 2 aromatic rings. The Morgan fingerprint density at radius 1 is 1.17 bits per heavy atom. The van der Waals surface area contributed by atoms with Gasteiger partial charge < -0.3 is 14.6 Å². The summed E-state index contributed by atoms with van der Waals surface area (Å²) in [6, 6.07) is 12.8. The maximum Gasteiger partial charge on any atom is 0.264 e. The lowest BCUT2D eigenvalue weighted by molar-refractivity contribution is -0.313. The number of nitrogens with zero attached hydrogens (tertiary/aromatic N) is 1. The SMILES string of the molecule is Cc1ccc(S(=O)(=O)N2C[C@H](C(=O)[O-])Oc3ccccc32)cc1. The molecule has 0 saturated heterocycles. The van der Waals surface area contributed by atoms with Gasteiger partial charge in [0, 0.05) is 0 Å². The molecule has 0 aliphatic carbocycles. The lowest BCUT2D eigenvalue weighted by Crippen LogP contribution is -2.51. The van der Waals surface area contributed by atoms with Crippen molar-refractivity contribution in [3.63, 3.8) is 0 Å². The molecule has 3 rings (SSSR count). The largest absolute Gasteiger partial charge is 0.546 e. The summed E-state index contributed by atoms with van der Waals surface area (Å²) in [4.78, 5) is 11.3. The Hall–Kier alpha value is -2.54. The van der Waals surface area contributed by atoms with E-state index < -0.39 is 22.1 Å². The van der Waals surface area contributed by atoms with E-state index in [4.69, 9.17) is 4.74 Å². The fraction of sp³-hybridized carbons (Fsp3) is 0.188. The summed E-state index contributed by atoms with van der Waals surface area (Å²) in [6.07, 6.45) is -1.36. The van der Waals surface area contributed by atoms with Crippen LogP contribution in [0.3, 0.4) is 0 Å². The molecule has 0 radical (unpaired) electrons. The number of ether oxygens (including phenoxy) is 1. The van der Waals surface area contributed by atoms with Gasteiger partial charge in [-0.2, -0.15) is 0 Å². The third-order valence-electron chi connectivity index (χ3n) is 3.61. The maximum absolute atomic E-state index is 12.9. The third-order valence-corrected chi connectivity index (χ3v) is 5.40. The van der Waals surface area contributed by atoms with Gasteiger partial charge in [0.1, 0.15) is 5.75 Å². The highest BCUT2D eigenvalue weighted by molar-refractivity contribution is 7.92. The molecule has 0 saturated carbocycles. The van der Waals surface area contributed by atoms with Crippen LogP contribution < -0.4 is 14.1 Å². The first-order valence-electron chi connectivity index (χ1n) is 6.95. The van der Waals surface area contributed by atoms with Crippen LogP contribution >= 0.6 is 0 Å². The number of rotatable bonds is 3. The number of hydrogen-bond donors (Lipinski definition) is 0. The highest BCUT2D eigenvalue weighted by Gasteiger charge is 2.34. The minimum absolute atomic E-state index is 0.0944. The number of sulfonamides is 1. The van der Waals surface area contributed by atoms with E-state index in [1.54, 1.807) is 30.3 Å². The van der Waals surface area contributed by atoms with Gasteiger partial charge in [-0.1, -0.05) is 29.8 Å². The van der Waals surface area contributed by atoms with Crippen molar-refractivity contribution in [1.82, 2.24) is 0 Å². The average Bonchev–Trinajstić information content (AvgIpc) is 2.54. The molecule has 23 heavy (non-hydrogen) atoms. The van der Waals surface area contributed by atoms with Gasteiger partial charge in [-0.3, -0.25) is 4.31 Å². The number of aliphatic carboxylic acids is 1. The molecule has 1 atom stereocenters. The molecule has 2 aromatic carbocycles. The zero-order valence-electron chi connectivity index (χ0n) is 12.3. The van der Waals surface area contributed by atoms with Gasteiger partial charge in [0.2, 0.25) is 0 Å². The highest BCUT2D eigenvalue weighted by Crippen LogP contribution is 2.36. The van der Waals surface area contributed by atoms with Crippen LogP contribution in [0.15, 0.2) is 53.4 Å². The fourth-order valence-electron chi connectivity index (χ4n) is 2.39. The van der Waals surface area contributed by atoms with E-state index >= 15 is 0 Å². The lowest BCUT2D eigenvalue weighted by atomic mass is 10.2. The lowest BCUT2D eigenvalue weighted by Gasteiger charge is -2.35.